The van der Waals surface area contributed by atoms with Gasteiger partial charge in [0.1, 0.15) is 30.2 Å². The third kappa shape index (κ3) is 9.31. The molecular weight excluding hydrogens is 558 g/mol. The number of hydrogen-bond acceptors (Lipinski definition) is 9. The molecule has 2 saturated heterocycles. The summed E-state index contributed by atoms with van der Waals surface area (Å²) in [4.78, 5) is 90.3. The van der Waals surface area contributed by atoms with E-state index in [-0.39, 0.29) is 5.75 Å². The van der Waals surface area contributed by atoms with Gasteiger partial charge in [-0.15, -0.1) is 0 Å². The van der Waals surface area contributed by atoms with E-state index in [2.05, 4.69) is 26.6 Å². The average Bonchev–Trinajstić information content (AvgIpc) is 3.39. The number of carboxylic acids is 1. The number of fused-ring (bicyclic) bond motifs is 1. The van der Waals surface area contributed by atoms with E-state index in [0.717, 1.165) is 11.8 Å². The van der Waals surface area contributed by atoms with Crippen LogP contribution >= 0.6 is 11.8 Å². The van der Waals surface area contributed by atoms with E-state index < -0.39 is 95.4 Å². The van der Waals surface area contributed by atoms with Crippen molar-refractivity contribution in [3.05, 3.63) is 0 Å². The standard InChI is InChI=1S/C25H41N7O8S/c1-11(2)18(23(37)28-13(4)25(39)40)30-21(35)15-10-41-14(5)19(31-20(34)12(3)26)24(38)32-8-6-7-16(32)22(36)27-9-17(33)29-15/h11-16,18-19H,6-10,26H2,1-5H3,(H,27,36)(H,28,37)(H,29,33)(H,30,35)(H,31,34)(H,39,40)/t12-,13-,14-,15-,16-,18-,19+/m0/s1. The van der Waals surface area contributed by atoms with Crippen LogP contribution in [0.3, 0.4) is 0 Å². The summed E-state index contributed by atoms with van der Waals surface area (Å²) in [6.45, 7) is 7.61. The van der Waals surface area contributed by atoms with Crippen LogP contribution in [0.5, 0.6) is 0 Å². The number of nitrogens with zero attached hydrogens (tertiary/aromatic N) is 1. The Kier molecular flexibility index (Phi) is 12.4. The van der Waals surface area contributed by atoms with Crippen molar-refractivity contribution in [1.82, 2.24) is 31.5 Å². The lowest BCUT2D eigenvalue weighted by molar-refractivity contribution is -0.142. The summed E-state index contributed by atoms with van der Waals surface area (Å²) in [5.41, 5.74) is 5.71. The molecule has 2 rings (SSSR count). The normalized spacial score (nSPS) is 26.1. The highest BCUT2D eigenvalue weighted by Gasteiger charge is 2.41. The molecule has 0 aliphatic carbocycles. The van der Waals surface area contributed by atoms with Gasteiger partial charge in [0.25, 0.3) is 0 Å². The molecule has 15 nitrogen and oxygen atoms in total. The zero-order valence-electron chi connectivity index (χ0n) is 23.9. The number of carboxylic acid groups (broad SMARTS) is 1. The summed E-state index contributed by atoms with van der Waals surface area (Å²) in [5, 5.41) is 21.1. The molecule has 6 amide bonds. The number of carbonyl (C=O) groups is 7. The van der Waals surface area contributed by atoms with Crippen LogP contribution in [-0.2, 0) is 33.6 Å². The molecule has 2 aliphatic heterocycles. The highest BCUT2D eigenvalue weighted by molar-refractivity contribution is 8.00. The Balaban J connectivity index is 2.32. The van der Waals surface area contributed by atoms with Crippen molar-refractivity contribution < 1.29 is 38.7 Å². The first kappa shape index (κ1) is 33.8. The number of rotatable bonds is 8. The second kappa shape index (κ2) is 15.0. The third-order valence-electron chi connectivity index (χ3n) is 6.86. The summed E-state index contributed by atoms with van der Waals surface area (Å²) in [6.07, 6.45) is 0.961. The maximum absolute atomic E-state index is 13.6. The Hall–Kier alpha value is -3.40. The molecule has 2 heterocycles. The quantitative estimate of drug-likeness (QED) is 0.152. The first-order valence-corrected chi connectivity index (χ1v) is 14.6. The number of aliphatic carboxylic acids is 1. The molecule has 0 bridgehead atoms. The van der Waals surface area contributed by atoms with E-state index >= 15 is 0 Å². The summed E-state index contributed by atoms with van der Waals surface area (Å²) >= 11 is 1.13. The summed E-state index contributed by atoms with van der Waals surface area (Å²) < 4.78 is 0. The Morgan fingerprint density at radius 1 is 1.07 bits per heavy atom. The van der Waals surface area contributed by atoms with Crippen molar-refractivity contribution in [1.29, 1.82) is 0 Å². The van der Waals surface area contributed by atoms with E-state index in [0.29, 0.717) is 19.4 Å². The van der Waals surface area contributed by atoms with Gasteiger partial charge < -0.3 is 42.3 Å². The SMILES string of the molecule is CC(C)[C@H](NC(=O)[C@@H]1CS[C@@H](C)[C@@H](NC(=O)[C@H](C)N)C(=O)N2CCC[C@H]2C(=O)NCC(=O)N1)C(=O)N[C@@H](C)C(=O)O. The zero-order chi connectivity index (χ0) is 31.0. The van der Waals surface area contributed by atoms with Gasteiger partial charge in [0, 0.05) is 17.5 Å². The minimum absolute atomic E-state index is 0.0497. The highest BCUT2D eigenvalue weighted by atomic mass is 32.2. The fourth-order valence-electron chi connectivity index (χ4n) is 4.36. The van der Waals surface area contributed by atoms with Crippen molar-refractivity contribution in [3.8, 4) is 0 Å². The van der Waals surface area contributed by atoms with Crippen molar-refractivity contribution in [3.63, 3.8) is 0 Å². The van der Waals surface area contributed by atoms with Gasteiger partial charge in [-0.05, 0) is 32.6 Å². The van der Waals surface area contributed by atoms with E-state index in [1.54, 1.807) is 20.8 Å². The average molecular weight is 600 g/mol. The van der Waals surface area contributed by atoms with Gasteiger partial charge in [-0.3, -0.25) is 33.6 Å². The third-order valence-corrected chi connectivity index (χ3v) is 8.19. The van der Waals surface area contributed by atoms with E-state index in [1.807, 2.05) is 0 Å². The predicted octanol–water partition coefficient (Wildman–Crippen LogP) is -2.72. The maximum Gasteiger partial charge on any atom is 0.325 e. The molecule has 0 aromatic carbocycles. The van der Waals surface area contributed by atoms with Gasteiger partial charge >= 0.3 is 5.97 Å². The number of amides is 6. The molecule has 0 aromatic rings. The molecule has 230 valence electrons. The van der Waals surface area contributed by atoms with E-state index in [9.17, 15) is 33.6 Å². The maximum atomic E-state index is 13.6. The van der Waals surface area contributed by atoms with Crippen LogP contribution in [0.2, 0.25) is 0 Å². The van der Waals surface area contributed by atoms with Crippen LogP contribution in [0.25, 0.3) is 0 Å². The Morgan fingerprint density at radius 2 is 1.73 bits per heavy atom. The molecule has 0 radical (unpaired) electrons. The summed E-state index contributed by atoms with van der Waals surface area (Å²) in [5.74, 6) is -5.39. The van der Waals surface area contributed by atoms with Crippen molar-refractivity contribution in [2.45, 2.75) is 89.0 Å². The Labute approximate surface area is 242 Å². The molecule has 41 heavy (non-hydrogen) atoms. The van der Waals surface area contributed by atoms with Gasteiger partial charge in [0.05, 0.1) is 12.6 Å². The van der Waals surface area contributed by atoms with Gasteiger partial charge in [0.15, 0.2) is 0 Å². The van der Waals surface area contributed by atoms with Crippen molar-refractivity contribution in [2.75, 3.05) is 18.8 Å². The van der Waals surface area contributed by atoms with Crippen LogP contribution in [0, 0.1) is 5.92 Å². The lowest BCUT2D eigenvalue weighted by atomic mass is 10.0. The molecule has 7 atom stereocenters. The van der Waals surface area contributed by atoms with Gasteiger partial charge in [0.2, 0.25) is 35.4 Å². The summed E-state index contributed by atoms with van der Waals surface area (Å²) in [6, 6.07) is -6.29. The second-order valence-electron chi connectivity index (χ2n) is 10.6. The minimum Gasteiger partial charge on any atom is -0.480 e. The van der Waals surface area contributed by atoms with Gasteiger partial charge in [-0.25, -0.2) is 0 Å². The molecule has 2 aliphatic rings. The van der Waals surface area contributed by atoms with Gasteiger partial charge in [-0.1, -0.05) is 20.8 Å². The lowest BCUT2D eigenvalue weighted by Crippen LogP contribution is -2.58. The van der Waals surface area contributed by atoms with Crippen LogP contribution in [-0.4, -0.2) is 112 Å². The zero-order valence-corrected chi connectivity index (χ0v) is 24.7. The first-order valence-electron chi connectivity index (χ1n) is 13.5. The fourth-order valence-corrected chi connectivity index (χ4v) is 5.47. The molecule has 0 spiro atoms. The topological polar surface area (TPSA) is 229 Å². The predicted molar refractivity (Wildman–Crippen MR) is 149 cm³/mol. The van der Waals surface area contributed by atoms with Crippen LogP contribution in [0.4, 0.5) is 0 Å². The smallest absolute Gasteiger partial charge is 0.325 e. The molecule has 0 saturated carbocycles. The molecule has 0 unspecified atom stereocenters. The van der Waals surface area contributed by atoms with E-state index in [1.165, 1.54) is 18.7 Å². The van der Waals surface area contributed by atoms with Crippen LogP contribution in [0.15, 0.2) is 0 Å². The monoisotopic (exact) mass is 599 g/mol. The second-order valence-corrected chi connectivity index (χ2v) is 12.0. The molecule has 16 heteroatoms. The van der Waals surface area contributed by atoms with Gasteiger partial charge in [-0.2, -0.15) is 11.8 Å². The number of nitrogens with two attached hydrogens (primary N) is 1. The number of nitrogens with one attached hydrogen (secondary N) is 5. The van der Waals surface area contributed by atoms with Crippen LogP contribution in [0.1, 0.15) is 47.5 Å². The summed E-state index contributed by atoms with van der Waals surface area (Å²) in [7, 11) is 0. The van der Waals surface area contributed by atoms with Crippen LogP contribution < -0.4 is 32.3 Å². The Bertz CT molecular complexity index is 1040. The minimum atomic E-state index is -1.25. The number of hydrogen-bond donors (Lipinski definition) is 7. The molecule has 8 N–H and O–H groups in total. The lowest BCUT2D eigenvalue weighted by Gasteiger charge is -2.32. The van der Waals surface area contributed by atoms with Crippen molar-refractivity contribution in [2.24, 2.45) is 11.7 Å². The first-order chi connectivity index (χ1) is 19.1. The fraction of sp³-hybridized carbons (Fsp3) is 0.720. The largest absolute Gasteiger partial charge is 0.480 e. The number of carbonyl (C=O) groups excluding carboxylic acids is 6. The Morgan fingerprint density at radius 3 is 2.32 bits per heavy atom. The highest BCUT2D eigenvalue weighted by Crippen LogP contribution is 2.24. The molecular formula is C25H41N7O8S. The molecule has 0 aromatic heterocycles. The van der Waals surface area contributed by atoms with Crippen molar-refractivity contribution >= 4 is 53.2 Å². The van der Waals surface area contributed by atoms with E-state index in [4.69, 9.17) is 10.8 Å². The number of thioether (sulfide) groups is 1. The molecule has 2 fully saturated rings.